The molecule has 3 N–H and O–H groups in total. The number of aryl methyl sites for hydroxylation is 2. The molecule has 0 unspecified atom stereocenters. The van der Waals surface area contributed by atoms with E-state index in [1.165, 1.54) is 33.9 Å². The number of hydrogen-bond donors (Lipinski definition) is 3. The number of imidazole rings is 1. The minimum Gasteiger partial charge on any atom is -0.493 e. The Morgan fingerprint density at radius 2 is 1.88 bits per heavy atom. The Labute approximate surface area is 198 Å². The van der Waals surface area contributed by atoms with Gasteiger partial charge in [0.25, 0.3) is 0 Å². The minimum absolute atomic E-state index is 0.0451. The normalized spacial score (nSPS) is 11.7. The van der Waals surface area contributed by atoms with Gasteiger partial charge in [0, 0.05) is 28.5 Å². The van der Waals surface area contributed by atoms with Gasteiger partial charge in [-0.05, 0) is 79.9 Å². The summed E-state index contributed by atoms with van der Waals surface area (Å²) >= 11 is 1.58. The predicted molar refractivity (Wildman–Crippen MR) is 137 cm³/mol. The Morgan fingerprint density at radius 1 is 1.06 bits per heavy atom. The van der Waals surface area contributed by atoms with Crippen LogP contribution in [0.15, 0.2) is 46.7 Å². The number of nitrogens with one attached hydrogen (secondary N) is 2. The van der Waals surface area contributed by atoms with Crippen molar-refractivity contribution in [2.75, 3.05) is 19.6 Å². The fourth-order valence-corrected chi connectivity index (χ4v) is 5.19. The van der Waals surface area contributed by atoms with Gasteiger partial charge in [0.1, 0.15) is 0 Å². The fourth-order valence-electron chi connectivity index (χ4n) is 4.49. The van der Waals surface area contributed by atoms with Crippen molar-refractivity contribution < 1.29 is 5.11 Å². The highest BCUT2D eigenvalue weighted by Crippen LogP contribution is 2.23. The number of nitrogens with zero attached hydrogens (tertiary/aromatic N) is 2. The van der Waals surface area contributed by atoms with Gasteiger partial charge in [-0.3, -0.25) is 4.57 Å². The van der Waals surface area contributed by atoms with Gasteiger partial charge < -0.3 is 20.0 Å². The maximum Gasteiger partial charge on any atom is 0.328 e. The Bertz CT molecular complexity index is 1210. The highest BCUT2D eigenvalue weighted by atomic mass is 32.1. The number of aromatic nitrogens is 3. The van der Waals surface area contributed by atoms with E-state index in [1.807, 2.05) is 17.5 Å². The van der Waals surface area contributed by atoms with Crippen LogP contribution in [0.25, 0.3) is 10.9 Å². The summed E-state index contributed by atoms with van der Waals surface area (Å²) in [5.74, 6) is 0.0451. The Kier molecular flexibility index (Phi) is 7.73. The molecule has 0 atom stereocenters. The van der Waals surface area contributed by atoms with Crippen molar-refractivity contribution in [1.29, 1.82) is 0 Å². The molecule has 1 aromatic carbocycles. The second kappa shape index (κ2) is 10.9. The van der Waals surface area contributed by atoms with Crippen LogP contribution >= 0.6 is 11.3 Å². The second-order valence-electron chi connectivity index (χ2n) is 8.68. The molecule has 0 aliphatic carbocycles. The molecule has 0 radical (unpaired) electrons. The molecule has 0 amide bonds. The molecule has 33 heavy (non-hydrogen) atoms. The van der Waals surface area contributed by atoms with E-state index >= 15 is 0 Å². The van der Waals surface area contributed by atoms with Crippen LogP contribution in [0.4, 0.5) is 0 Å². The van der Waals surface area contributed by atoms with Crippen LogP contribution in [0.2, 0.25) is 0 Å². The lowest BCUT2D eigenvalue weighted by Gasteiger charge is -2.20. The van der Waals surface area contributed by atoms with Gasteiger partial charge in [-0.25, -0.2) is 4.79 Å². The van der Waals surface area contributed by atoms with Crippen LogP contribution in [-0.2, 0) is 25.8 Å². The summed E-state index contributed by atoms with van der Waals surface area (Å²) in [6.45, 7) is 8.24. The summed E-state index contributed by atoms with van der Waals surface area (Å²) in [5, 5.41) is 13.9. The lowest BCUT2D eigenvalue weighted by atomic mass is 10.0. The van der Waals surface area contributed by atoms with Crippen molar-refractivity contribution >= 4 is 22.2 Å². The number of fused-ring (bicyclic) bond motifs is 1. The van der Waals surface area contributed by atoms with Gasteiger partial charge in [0.05, 0.1) is 12.2 Å². The summed E-state index contributed by atoms with van der Waals surface area (Å²) in [6.07, 6.45) is 6.88. The molecular weight excluding hydrogens is 432 g/mol. The van der Waals surface area contributed by atoms with Crippen molar-refractivity contribution in [3.05, 3.63) is 74.1 Å². The smallest absolute Gasteiger partial charge is 0.328 e. The van der Waals surface area contributed by atoms with Crippen molar-refractivity contribution in [1.82, 2.24) is 19.4 Å². The van der Waals surface area contributed by atoms with Gasteiger partial charge in [0.15, 0.2) is 0 Å². The highest BCUT2D eigenvalue weighted by Gasteiger charge is 2.14. The maximum absolute atomic E-state index is 12.3. The fraction of sp³-hybridized carbons (Fsp3) is 0.423. The molecule has 0 saturated heterocycles. The number of thiophene rings is 1. The van der Waals surface area contributed by atoms with Gasteiger partial charge in [-0.15, -0.1) is 11.3 Å². The molecule has 0 aliphatic rings. The van der Waals surface area contributed by atoms with E-state index < -0.39 is 0 Å². The third kappa shape index (κ3) is 5.60. The number of aromatic hydroxyl groups is 1. The van der Waals surface area contributed by atoms with E-state index in [-0.39, 0.29) is 11.6 Å². The summed E-state index contributed by atoms with van der Waals surface area (Å²) < 4.78 is 1.41. The third-order valence-electron chi connectivity index (χ3n) is 6.20. The van der Waals surface area contributed by atoms with Crippen molar-refractivity contribution in [3.63, 3.8) is 0 Å². The zero-order valence-corrected chi connectivity index (χ0v) is 20.4. The monoisotopic (exact) mass is 466 g/mol. The molecule has 4 rings (SSSR count). The summed E-state index contributed by atoms with van der Waals surface area (Å²) in [4.78, 5) is 22.2. The molecule has 0 aliphatic heterocycles. The first-order valence-electron chi connectivity index (χ1n) is 11.9. The largest absolute Gasteiger partial charge is 0.493 e. The zero-order valence-electron chi connectivity index (χ0n) is 19.6. The molecule has 0 saturated carbocycles. The van der Waals surface area contributed by atoms with Crippen LogP contribution in [0.3, 0.4) is 0 Å². The molecule has 7 heteroatoms. The molecule has 3 aromatic heterocycles. The summed E-state index contributed by atoms with van der Waals surface area (Å²) in [7, 11) is 0. The number of H-pyrrole nitrogens is 2. The summed E-state index contributed by atoms with van der Waals surface area (Å²) in [5.41, 5.74) is 4.05. The van der Waals surface area contributed by atoms with Crippen LogP contribution in [-0.4, -0.2) is 44.2 Å². The van der Waals surface area contributed by atoms with E-state index in [2.05, 4.69) is 53.1 Å². The quantitative estimate of drug-likeness (QED) is 0.277. The van der Waals surface area contributed by atoms with Crippen LogP contribution in [0.1, 0.15) is 48.4 Å². The highest BCUT2D eigenvalue weighted by molar-refractivity contribution is 7.09. The first kappa shape index (κ1) is 23.4. The third-order valence-corrected chi connectivity index (χ3v) is 7.06. The molecule has 0 spiro atoms. The van der Waals surface area contributed by atoms with Gasteiger partial charge in [-0.1, -0.05) is 26.0 Å². The molecule has 4 aromatic rings. The van der Waals surface area contributed by atoms with Crippen molar-refractivity contribution in [2.45, 2.75) is 52.5 Å². The zero-order chi connectivity index (χ0) is 23.2. The lowest BCUT2D eigenvalue weighted by Crippen LogP contribution is -2.27. The molecule has 3 heterocycles. The van der Waals surface area contributed by atoms with E-state index in [0.717, 1.165) is 42.9 Å². The SMILES string of the molecule is CCCN(CCC)CCc1c[nH]c2ccc(CCc3[nH]c(=O)n(Cc4cccs4)c3O)cc12. The van der Waals surface area contributed by atoms with Crippen LogP contribution in [0, 0.1) is 0 Å². The lowest BCUT2D eigenvalue weighted by molar-refractivity contribution is 0.278. The molecule has 0 fully saturated rings. The molecule has 6 nitrogen and oxygen atoms in total. The van der Waals surface area contributed by atoms with Crippen LogP contribution < -0.4 is 5.69 Å². The Hall–Kier alpha value is -2.77. The first-order chi connectivity index (χ1) is 16.1. The van der Waals surface area contributed by atoms with E-state index in [4.69, 9.17) is 0 Å². The van der Waals surface area contributed by atoms with E-state index in [1.54, 1.807) is 11.3 Å². The minimum atomic E-state index is -0.261. The first-order valence-corrected chi connectivity index (χ1v) is 12.8. The molecule has 176 valence electrons. The number of benzene rings is 1. The Morgan fingerprint density at radius 3 is 2.61 bits per heavy atom. The number of rotatable bonds is 12. The number of aromatic amines is 2. The van der Waals surface area contributed by atoms with E-state index in [9.17, 15) is 9.90 Å². The van der Waals surface area contributed by atoms with Crippen LogP contribution in [0.5, 0.6) is 5.88 Å². The number of hydrogen-bond acceptors (Lipinski definition) is 4. The van der Waals surface area contributed by atoms with Crippen molar-refractivity contribution in [3.8, 4) is 5.88 Å². The predicted octanol–water partition coefficient (Wildman–Crippen LogP) is 4.92. The second-order valence-corrected chi connectivity index (χ2v) is 9.72. The van der Waals surface area contributed by atoms with Gasteiger partial charge in [0.2, 0.25) is 5.88 Å². The maximum atomic E-state index is 12.3. The standard InChI is InChI=1S/C26H34N4O2S/c1-3-12-29(13-4-2)14-11-20-17-27-23-9-7-19(16-22(20)23)8-10-24-25(31)30(26(32)28-24)18-21-6-5-15-33-21/h5-7,9,15-17,27,31H,3-4,8,10-14,18H2,1-2H3,(H,28,32). The topological polar surface area (TPSA) is 77.0 Å². The molecule has 0 bridgehead atoms. The average Bonchev–Trinajstić information content (AvgIpc) is 3.53. The summed E-state index contributed by atoms with van der Waals surface area (Å²) in [6, 6.07) is 10.4. The van der Waals surface area contributed by atoms with Gasteiger partial charge in [-0.2, -0.15) is 0 Å². The Balaban J connectivity index is 1.44. The molecular formula is C26H34N4O2S. The average molecular weight is 467 g/mol. The van der Waals surface area contributed by atoms with Crippen molar-refractivity contribution in [2.24, 2.45) is 0 Å². The van der Waals surface area contributed by atoms with Gasteiger partial charge >= 0.3 is 5.69 Å². The van der Waals surface area contributed by atoms with E-state index in [0.29, 0.717) is 18.7 Å².